The second-order valence-electron chi connectivity index (χ2n) is 3.73. The lowest BCUT2D eigenvalue weighted by Crippen LogP contribution is -2.25. The van der Waals surface area contributed by atoms with E-state index in [1.165, 1.54) is 11.3 Å². The van der Waals surface area contributed by atoms with E-state index in [1.54, 1.807) is 31.3 Å². The second kappa shape index (κ2) is 4.54. The third-order valence-corrected chi connectivity index (χ3v) is 3.30. The van der Waals surface area contributed by atoms with Gasteiger partial charge < -0.3 is 10.6 Å². The standard InChI is InChI=1S/C10H13N5OS/c1-6-8(17-10(11)14-6)9(16)15(2)5-7-3-12-13-4-7/h3-4H,5H2,1-2H3,(H2,11,14)(H,12,13). The van der Waals surface area contributed by atoms with Gasteiger partial charge in [0.15, 0.2) is 5.13 Å². The average Bonchev–Trinajstić information content (AvgIpc) is 2.87. The van der Waals surface area contributed by atoms with Crippen LogP contribution in [0.15, 0.2) is 12.4 Å². The highest BCUT2D eigenvalue weighted by molar-refractivity contribution is 7.17. The number of nitrogens with one attached hydrogen (secondary N) is 1. The summed E-state index contributed by atoms with van der Waals surface area (Å²) in [5.74, 6) is -0.0714. The molecular formula is C10H13N5OS. The molecule has 0 bridgehead atoms. The quantitative estimate of drug-likeness (QED) is 0.852. The fraction of sp³-hybridized carbons (Fsp3) is 0.300. The van der Waals surface area contributed by atoms with Gasteiger partial charge in [-0.3, -0.25) is 9.89 Å². The van der Waals surface area contributed by atoms with Crippen molar-refractivity contribution in [2.45, 2.75) is 13.5 Å². The lowest BCUT2D eigenvalue weighted by Gasteiger charge is -2.15. The molecule has 0 atom stereocenters. The van der Waals surface area contributed by atoms with E-state index in [2.05, 4.69) is 15.2 Å². The average molecular weight is 251 g/mol. The molecule has 2 heterocycles. The van der Waals surface area contributed by atoms with Crippen molar-refractivity contribution in [2.24, 2.45) is 0 Å². The molecule has 3 N–H and O–H groups in total. The van der Waals surface area contributed by atoms with Crippen LogP contribution in [0.5, 0.6) is 0 Å². The predicted molar refractivity (Wildman–Crippen MR) is 65.6 cm³/mol. The zero-order chi connectivity index (χ0) is 12.4. The summed E-state index contributed by atoms with van der Waals surface area (Å²) in [4.78, 5) is 18.4. The van der Waals surface area contributed by atoms with Gasteiger partial charge in [0.2, 0.25) is 0 Å². The molecule has 0 unspecified atom stereocenters. The fourth-order valence-corrected chi connectivity index (χ4v) is 2.33. The van der Waals surface area contributed by atoms with Crippen molar-refractivity contribution in [2.75, 3.05) is 12.8 Å². The van der Waals surface area contributed by atoms with Gasteiger partial charge in [0.05, 0.1) is 11.9 Å². The molecule has 0 aliphatic rings. The van der Waals surface area contributed by atoms with Gasteiger partial charge in [-0.1, -0.05) is 11.3 Å². The van der Waals surface area contributed by atoms with Crippen molar-refractivity contribution in [3.8, 4) is 0 Å². The van der Waals surface area contributed by atoms with Crippen LogP contribution in [0.25, 0.3) is 0 Å². The number of nitrogen functional groups attached to an aromatic ring is 1. The summed E-state index contributed by atoms with van der Waals surface area (Å²) in [6.07, 6.45) is 3.45. The van der Waals surface area contributed by atoms with E-state index < -0.39 is 0 Å². The number of aryl methyl sites for hydroxylation is 1. The summed E-state index contributed by atoms with van der Waals surface area (Å²) in [5, 5.41) is 6.97. The highest BCUT2D eigenvalue weighted by Gasteiger charge is 2.18. The minimum Gasteiger partial charge on any atom is -0.375 e. The zero-order valence-corrected chi connectivity index (χ0v) is 10.4. The second-order valence-corrected chi connectivity index (χ2v) is 4.77. The topological polar surface area (TPSA) is 87.9 Å². The van der Waals surface area contributed by atoms with Crippen molar-refractivity contribution < 1.29 is 4.79 Å². The maximum atomic E-state index is 12.1. The SMILES string of the molecule is Cc1nc(N)sc1C(=O)N(C)Cc1cn[nH]c1. The van der Waals surface area contributed by atoms with E-state index in [-0.39, 0.29) is 5.91 Å². The number of hydrogen-bond donors (Lipinski definition) is 2. The van der Waals surface area contributed by atoms with Crippen LogP contribution in [0.4, 0.5) is 5.13 Å². The Kier molecular flexibility index (Phi) is 3.10. The molecule has 0 aliphatic heterocycles. The van der Waals surface area contributed by atoms with E-state index in [4.69, 9.17) is 5.73 Å². The molecule has 1 amide bonds. The van der Waals surface area contributed by atoms with Crippen LogP contribution < -0.4 is 5.73 Å². The summed E-state index contributed by atoms with van der Waals surface area (Å²) in [7, 11) is 1.74. The maximum absolute atomic E-state index is 12.1. The molecule has 0 spiro atoms. The minimum atomic E-state index is -0.0714. The predicted octanol–water partition coefficient (Wildman–Crippen LogP) is 1.03. The number of nitrogens with zero attached hydrogens (tertiary/aromatic N) is 3. The number of anilines is 1. The Balaban J connectivity index is 2.12. The first-order valence-corrected chi connectivity index (χ1v) is 5.85. The summed E-state index contributed by atoms with van der Waals surface area (Å²) >= 11 is 1.22. The van der Waals surface area contributed by atoms with Gasteiger partial charge in [0, 0.05) is 25.4 Å². The van der Waals surface area contributed by atoms with Crippen LogP contribution in [-0.2, 0) is 6.54 Å². The molecule has 0 aromatic carbocycles. The van der Waals surface area contributed by atoms with E-state index in [1.807, 2.05) is 0 Å². The van der Waals surface area contributed by atoms with E-state index in [9.17, 15) is 4.79 Å². The van der Waals surface area contributed by atoms with Crippen molar-refractivity contribution in [1.82, 2.24) is 20.1 Å². The molecular weight excluding hydrogens is 238 g/mol. The smallest absolute Gasteiger partial charge is 0.265 e. The minimum absolute atomic E-state index is 0.0714. The van der Waals surface area contributed by atoms with E-state index in [0.717, 1.165) is 5.56 Å². The number of amides is 1. The number of hydrogen-bond acceptors (Lipinski definition) is 5. The lowest BCUT2D eigenvalue weighted by atomic mass is 10.3. The number of carbonyl (C=O) groups excluding carboxylic acids is 1. The van der Waals surface area contributed by atoms with Crippen LogP contribution in [0.2, 0.25) is 0 Å². The molecule has 2 aromatic heterocycles. The first kappa shape index (κ1) is 11.6. The molecule has 0 radical (unpaired) electrons. The molecule has 0 saturated heterocycles. The molecule has 0 saturated carbocycles. The van der Waals surface area contributed by atoms with Gasteiger partial charge in [0.25, 0.3) is 5.91 Å². The van der Waals surface area contributed by atoms with E-state index in [0.29, 0.717) is 22.2 Å². The van der Waals surface area contributed by atoms with Crippen molar-refractivity contribution in [1.29, 1.82) is 0 Å². The Morgan fingerprint density at radius 1 is 1.65 bits per heavy atom. The monoisotopic (exact) mass is 251 g/mol. The van der Waals surface area contributed by atoms with Crippen molar-refractivity contribution in [3.63, 3.8) is 0 Å². The molecule has 90 valence electrons. The van der Waals surface area contributed by atoms with Gasteiger partial charge in [-0.05, 0) is 6.92 Å². The van der Waals surface area contributed by atoms with E-state index >= 15 is 0 Å². The number of aromatic amines is 1. The maximum Gasteiger partial charge on any atom is 0.265 e. The van der Waals surface area contributed by atoms with Gasteiger partial charge >= 0.3 is 0 Å². The molecule has 2 rings (SSSR count). The number of nitrogens with two attached hydrogens (primary N) is 1. The Bertz CT molecular complexity index is 519. The van der Waals surface area contributed by atoms with Gasteiger partial charge in [0.1, 0.15) is 4.88 Å². The molecule has 7 heteroatoms. The van der Waals surface area contributed by atoms with Crippen molar-refractivity contribution >= 4 is 22.4 Å². The molecule has 0 aliphatic carbocycles. The number of thiazole rings is 1. The molecule has 2 aromatic rings. The summed E-state index contributed by atoms with van der Waals surface area (Å²) in [6.45, 7) is 2.29. The number of H-pyrrole nitrogens is 1. The van der Waals surface area contributed by atoms with Crippen LogP contribution in [0.1, 0.15) is 20.9 Å². The van der Waals surface area contributed by atoms with Gasteiger partial charge in [-0.2, -0.15) is 5.10 Å². The number of rotatable bonds is 3. The lowest BCUT2D eigenvalue weighted by molar-refractivity contribution is 0.0789. The van der Waals surface area contributed by atoms with Crippen LogP contribution in [0.3, 0.4) is 0 Å². The number of carbonyl (C=O) groups is 1. The molecule has 0 fully saturated rings. The third kappa shape index (κ3) is 2.44. The van der Waals surface area contributed by atoms with Crippen LogP contribution in [0, 0.1) is 6.92 Å². The van der Waals surface area contributed by atoms with Crippen molar-refractivity contribution in [3.05, 3.63) is 28.5 Å². The molecule has 6 nitrogen and oxygen atoms in total. The van der Waals surface area contributed by atoms with Crippen LogP contribution in [-0.4, -0.2) is 33.0 Å². The first-order valence-electron chi connectivity index (χ1n) is 5.04. The highest BCUT2D eigenvalue weighted by Crippen LogP contribution is 2.21. The fourth-order valence-electron chi connectivity index (χ4n) is 1.50. The molecule has 17 heavy (non-hydrogen) atoms. The normalized spacial score (nSPS) is 10.5. The Morgan fingerprint density at radius 3 is 2.94 bits per heavy atom. The Morgan fingerprint density at radius 2 is 2.41 bits per heavy atom. The third-order valence-electron chi connectivity index (χ3n) is 2.33. The van der Waals surface area contributed by atoms with Crippen LogP contribution >= 0.6 is 11.3 Å². The van der Waals surface area contributed by atoms with Gasteiger partial charge in [-0.15, -0.1) is 0 Å². The number of aromatic nitrogens is 3. The highest BCUT2D eigenvalue weighted by atomic mass is 32.1. The summed E-state index contributed by atoms with van der Waals surface area (Å²) in [5.41, 5.74) is 7.21. The summed E-state index contributed by atoms with van der Waals surface area (Å²) < 4.78 is 0. The largest absolute Gasteiger partial charge is 0.375 e. The first-order chi connectivity index (χ1) is 8.08. The van der Waals surface area contributed by atoms with Gasteiger partial charge in [-0.25, -0.2) is 4.98 Å². The Hall–Kier alpha value is -1.89. The summed E-state index contributed by atoms with van der Waals surface area (Å²) in [6, 6.07) is 0. The zero-order valence-electron chi connectivity index (χ0n) is 9.60. The Labute approximate surface area is 102 Å².